The fourth-order valence-corrected chi connectivity index (χ4v) is 5.65. The molecule has 1 saturated heterocycles. The number of hydrogen-bond donors (Lipinski definition) is 2. The lowest BCUT2D eigenvalue weighted by Gasteiger charge is -2.37. The van der Waals surface area contributed by atoms with Crippen LogP contribution < -0.4 is 20.3 Å². The van der Waals surface area contributed by atoms with Gasteiger partial charge in [0, 0.05) is 43.4 Å². The van der Waals surface area contributed by atoms with E-state index >= 15 is 0 Å². The van der Waals surface area contributed by atoms with Crippen LogP contribution in [-0.2, 0) is 15.9 Å². The molecular weight excluding hydrogens is 688 g/mol. The lowest BCUT2D eigenvalue weighted by molar-refractivity contribution is 0.0174. The van der Waals surface area contributed by atoms with Gasteiger partial charge in [0.1, 0.15) is 23.0 Å². The summed E-state index contributed by atoms with van der Waals surface area (Å²) in [5, 5.41) is 14.5. The number of nitriles is 1. The molecule has 1 atom stereocenters. The number of methoxy groups -OCH3 is 1. The Morgan fingerprint density at radius 3 is 2.17 bits per heavy atom. The third-order valence-corrected chi connectivity index (χ3v) is 8.37. The molecule has 0 saturated carbocycles. The summed E-state index contributed by atoms with van der Waals surface area (Å²) in [6.07, 6.45) is 2.12. The van der Waals surface area contributed by atoms with Crippen molar-refractivity contribution < 1.29 is 28.6 Å². The van der Waals surface area contributed by atoms with Crippen molar-refractivity contribution in [2.45, 2.75) is 72.1 Å². The zero-order valence-corrected chi connectivity index (χ0v) is 31.7. The van der Waals surface area contributed by atoms with Gasteiger partial charge in [0.25, 0.3) is 0 Å². The van der Waals surface area contributed by atoms with Gasteiger partial charge >= 0.3 is 18.2 Å². The summed E-state index contributed by atoms with van der Waals surface area (Å²) in [6, 6.07) is 12.3. The summed E-state index contributed by atoms with van der Waals surface area (Å²) in [5.41, 5.74) is 1.83. The van der Waals surface area contributed by atoms with Crippen molar-refractivity contribution in [1.29, 1.82) is 5.26 Å². The molecule has 1 aliphatic heterocycles. The number of anilines is 3. The maximum Gasteiger partial charge on any atom is 0.410 e. The van der Waals surface area contributed by atoms with Crippen LogP contribution in [0.1, 0.15) is 71.3 Å². The van der Waals surface area contributed by atoms with Gasteiger partial charge in [-0.1, -0.05) is 23.7 Å². The molecule has 1 aromatic heterocycles. The highest BCUT2D eigenvalue weighted by atomic mass is 35.5. The summed E-state index contributed by atoms with van der Waals surface area (Å²) in [6.45, 7) is 15.7. The molecule has 2 heterocycles. The number of carbonyl (C=O) groups is 3. The first-order valence-corrected chi connectivity index (χ1v) is 17.3. The number of rotatable bonds is 9. The van der Waals surface area contributed by atoms with Crippen LogP contribution >= 0.6 is 11.6 Å². The summed E-state index contributed by atoms with van der Waals surface area (Å²) < 4.78 is 16.9. The Hall–Kier alpha value is -5.29. The van der Waals surface area contributed by atoms with E-state index in [1.54, 1.807) is 21.9 Å². The van der Waals surface area contributed by atoms with Crippen molar-refractivity contribution in [1.82, 2.24) is 19.8 Å². The van der Waals surface area contributed by atoms with Crippen LogP contribution in [0.2, 0.25) is 5.02 Å². The molecule has 2 N–H and O–H groups in total. The zero-order valence-electron chi connectivity index (χ0n) is 30.9. The minimum absolute atomic E-state index is 0.121. The molecule has 0 unspecified atom stereocenters. The maximum atomic E-state index is 13.6. The van der Waals surface area contributed by atoms with Crippen molar-refractivity contribution in [3.05, 3.63) is 70.6 Å². The highest BCUT2D eigenvalue weighted by Gasteiger charge is 2.29. The van der Waals surface area contributed by atoms with E-state index < -0.39 is 23.3 Å². The third kappa shape index (κ3) is 11.1. The first-order chi connectivity index (χ1) is 24.5. The fraction of sp³-hybridized carbons (Fsp3) is 0.459. The highest BCUT2D eigenvalue weighted by Crippen LogP contribution is 2.33. The lowest BCUT2D eigenvalue weighted by atomic mass is 10.0. The quantitative estimate of drug-likeness (QED) is 0.229. The highest BCUT2D eigenvalue weighted by molar-refractivity contribution is 6.31. The average molecular weight is 735 g/mol. The van der Waals surface area contributed by atoms with Crippen LogP contribution in [-0.4, -0.2) is 89.0 Å². The molecule has 4 rings (SSSR count). The van der Waals surface area contributed by atoms with E-state index in [2.05, 4.69) is 25.5 Å². The van der Waals surface area contributed by atoms with Crippen molar-refractivity contribution in [2.24, 2.45) is 0 Å². The Bertz CT molecular complexity index is 1760. The number of carbonyl (C=O) groups excluding carboxylic acids is 3. The zero-order chi connectivity index (χ0) is 38.2. The molecule has 15 heteroatoms. The Morgan fingerprint density at radius 1 is 0.962 bits per heavy atom. The summed E-state index contributed by atoms with van der Waals surface area (Å²) in [7, 11) is 1.47. The molecule has 52 heavy (non-hydrogen) atoms. The second-order valence-corrected chi connectivity index (χ2v) is 14.7. The number of benzene rings is 2. The van der Waals surface area contributed by atoms with E-state index in [1.807, 2.05) is 78.8 Å². The van der Waals surface area contributed by atoms with E-state index in [1.165, 1.54) is 19.5 Å². The van der Waals surface area contributed by atoms with Crippen molar-refractivity contribution >= 4 is 47.0 Å². The molecule has 1 fully saturated rings. The number of amides is 4. The van der Waals surface area contributed by atoms with Gasteiger partial charge in [0.05, 0.1) is 31.2 Å². The number of ether oxygens (including phenoxy) is 3. The normalized spacial score (nSPS) is 13.8. The van der Waals surface area contributed by atoms with Gasteiger partial charge in [0.15, 0.2) is 11.5 Å². The number of aromatic nitrogens is 2. The number of hydrogen-bond acceptors (Lipinski definition) is 10. The first kappa shape index (κ1) is 39.5. The van der Waals surface area contributed by atoms with E-state index in [4.69, 9.17) is 31.1 Å². The van der Waals surface area contributed by atoms with Crippen LogP contribution in [0.25, 0.3) is 0 Å². The molecule has 0 bridgehead atoms. The van der Waals surface area contributed by atoms with Gasteiger partial charge in [0.2, 0.25) is 0 Å². The summed E-state index contributed by atoms with van der Waals surface area (Å²) in [4.78, 5) is 52.2. The fourth-order valence-electron chi connectivity index (χ4n) is 5.40. The second-order valence-electron chi connectivity index (χ2n) is 14.3. The standard InChI is InChI=1S/C37H47ClN8O6/c1-24(25-9-11-28(12-10-25)44-15-17-45(18-16-44)34(48)51-36(2,3)4)46(35(49)52-37(5,6)7)14-13-26-19-31(50-8)30(20-29(26)38)42-33(47)43-32-23-40-27(21-39)22-41-32/h9-12,19-20,22-24H,13-18H2,1-8H3,(H2,41,42,43,47)/t24-/m0/s1. The van der Waals surface area contributed by atoms with Gasteiger partial charge < -0.3 is 34.2 Å². The maximum absolute atomic E-state index is 13.6. The topological polar surface area (TPSA) is 162 Å². The molecule has 0 spiro atoms. The predicted molar refractivity (Wildman–Crippen MR) is 199 cm³/mol. The van der Waals surface area contributed by atoms with E-state index in [0.717, 1.165) is 11.3 Å². The van der Waals surface area contributed by atoms with E-state index in [-0.39, 0.29) is 30.2 Å². The SMILES string of the molecule is COc1cc(CCN(C(=O)OC(C)(C)C)[C@@H](C)c2ccc(N3CCN(C(=O)OC(C)(C)C)CC3)cc2)c(Cl)cc1NC(=O)Nc1cnc(C#N)cn1. The monoisotopic (exact) mass is 734 g/mol. The molecule has 14 nitrogen and oxygen atoms in total. The van der Waals surface area contributed by atoms with Crippen LogP contribution in [0.3, 0.4) is 0 Å². The number of nitrogens with zero attached hydrogens (tertiary/aromatic N) is 6. The Kier molecular flexibility index (Phi) is 12.8. The Labute approximate surface area is 310 Å². The lowest BCUT2D eigenvalue weighted by Crippen LogP contribution is -2.50. The third-order valence-electron chi connectivity index (χ3n) is 8.01. The van der Waals surface area contributed by atoms with E-state index in [9.17, 15) is 14.4 Å². The Balaban J connectivity index is 1.44. The number of nitrogens with one attached hydrogen (secondary N) is 2. The van der Waals surface area contributed by atoms with Crippen LogP contribution in [0.4, 0.5) is 31.6 Å². The molecule has 1 aliphatic rings. The predicted octanol–water partition coefficient (Wildman–Crippen LogP) is 7.25. The van der Waals surface area contributed by atoms with Crippen LogP contribution in [0.5, 0.6) is 5.75 Å². The minimum atomic E-state index is -0.710. The van der Waals surface area contributed by atoms with Crippen LogP contribution in [0.15, 0.2) is 48.8 Å². The van der Waals surface area contributed by atoms with Gasteiger partial charge in [-0.15, -0.1) is 0 Å². The number of halogens is 1. The molecule has 2 aromatic carbocycles. The first-order valence-electron chi connectivity index (χ1n) is 17.0. The summed E-state index contributed by atoms with van der Waals surface area (Å²) in [5.74, 6) is 0.516. The minimum Gasteiger partial charge on any atom is -0.495 e. The van der Waals surface area contributed by atoms with Gasteiger partial charge in [-0.25, -0.2) is 24.4 Å². The van der Waals surface area contributed by atoms with Crippen molar-refractivity contribution in [3.8, 4) is 11.8 Å². The molecule has 4 amide bonds. The van der Waals surface area contributed by atoms with Crippen molar-refractivity contribution in [2.75, 3.05) is 55.4 Å². The molecule has 278 valence electrons. The number of urea groups is 1. The Morgan fingerprint density at radius 2 is 1.62 bits per heavy atom. The van der Waals surface area contributed by atoms with Gasteiger partial charge in [-0.3, -0.25) is 5.32 Å². The average Bonchev–Trinajstić information content (AvgIpc) is 3.08. The second kappa shape index (κ2) is 16.8. The van der Waals surface area contributed by atoms with Gasteiger partial charge in [-0.2, -0.15) is 5.26 Å². The largest absolute Gasteiger partial charge is 0.495 e. The smallest absolute Gasteiger partial charge is 0.410 e. The van der Waals surface area contributed by atoms with Crippen molar-refractivity contribution in [3.63, 3.8) is 0 Å². The van der Waals surface area contributed by atoms with Crippen LogP contribution in [0, 0.1) is 11.3 Å². The summed E-state index contributed by atoms with van der Waals surface area (Å²) >= 11 is 6.70. The molecule has 3 aromatic rings. The molecule has 0 radical (unpaired) electrons. The van der Waals surface area contributed by atoms with E-state index in [0.29, 0.717) is 54.6 Å². The van der Waals surface area contributed by atoms with Gasteiger partial charge in [-0.05, 0) is 90.3 Å². The molecule has 0 aliphatic carbocycles. The molecular formula is C37H47ClN8O6. The number of piperazine rings is 1.